The summed E-state index contributed by atoms with van der Waals surface area (Å²) in [4.78, 5) is 32.0. The number of carbonyl (C=O) groups excluding carboxylic acids is 2. The number of amides is 1. The Hall–Kier alpha value is -3.54. The molecule has 0 bridgehead atoms. The van der Waals surface area contributed by atoms with Gasteiger partial charge in [0.1, 0.15) is 17.8 Å². The molecule has 3 rings (SSSR count). The molecule has 0 atom stereocenters. The Kier molecular flexibility index (Phi) is 5.56. The summed E-state index contributed by atoms with van der Waals surface area (Å²) in [6, 6.07) is 16.3. The summed E-state index contributed by atoms with van der Waals surface area (Å²) in [6.45, 7) is 3.58. The van der Waals surface area contributed by atoms with Crippen LogP contribution in [0.4, 0.5) is 17.2 Å². The van der Waals surface area contributed by atoms with E-state index in [4.69, 9.17) is 0 Å². The lowest BCUT2D eigenvalue weighted by Gasteiger charge is -2.11. The summed E-state index contributed by atoms with van der Waals surface area (Å²) in [6.07, 6.45) is 2.24. The van der Waals surface area contributed by atoms with E-state index in [-0.39, 0.29) is 17.4 Å². The van der Waals surface area contributed by atoms with Crippen LogP contribution in [0.15, 0.2) is 60.9 Å². The molecular formula is C21H20N4O2. The van der Waals surface area contributed by atoms with Crippen LogP contribution in [0, 0.1) is 0 Å². The Labute approximate surface area is 157 Å². The number of benzene rings is 2. The predicted molar refractivity (Wildman–Crippen MR) is 106 cm³/mol. The molecular weight excluding hydrogens is 340 g/mol. The number of anilines is 3. The number of hydrogen-bond donors (Lipinski definition) is 2. The van der Waals surface area contributed by atoms with Crippen molar-refractivity contribution in [1.29, 1.82) is 0 Å². The first-order chi connectivity index (χ1) is 13.1. The van der Waals surface area contributed by atoms with E-state index >= 15 is 0 Å². The zero-order chi connectivity index (χ0) is 19.2. The van der Waals surface area contributed by atoms with E-state index in [1.807, 2.05) is 24.3 Å². The van der Waals surface area contributed by atoms with Gasteiger partial charge < -0.3 is 10.6 Å². The van der Waals surface area contributed by atoms with Gasteiger partial charge >= 0.3 is 0 Å². The van der Waals surface area contributed by atoms with Crippen LogP contribution in [-0.2, 0) is 6.42 Å². The number of carbonyl (C=O) groups is 2. The lowest BCUT2D eigenvalue weighted by atomic mass is 10.1. The maximum atomic E-state index is 12.5. The molecule has 0 unspecified atom stereocenters. The highest BCUT2D eigenvalue weighted by atomic mass is 16.2. The summed E-state index contributed by atoms with van der Waals surface area (Å²) in [5.74, 6) is 0.175. The summed E-state index contributed by atoms with van der Waals surface area (Å²) >= 11 is 0. The molecule has 1 heterocycles. The van der Waals surface area contributed by atoms with E-state index in [2.05, 4.69) is 27.5 Å². The second-order valence-electron chi connectivity index (χ2n) is 6.01. The van der Waals surface area contributed by atoms with Gasteiger partial charge in [-0.05, 0) is 49.2 Å². The van der Waals surface area contributed by atoms with Crippen LogP contribution < -0.4 is 10.6 Å². The van der Waals surface area contributed by atoms with Crippen LogP contribution >= 0.6 is 0 Å². The third-order valence-corrected chi connectivity index (χ3v) is 4.11. The van der Waals surface area contributed by atoms with Gasteiger partial charge in [-0.3, -0.25) is 9.59 Å². The average Bonchev–Trinajstić information content (AvgIpc) is 2.69. The lowest BCUT2D eigenvalue weighted by Crippen LogP contribution is -2.14. The van der Waals surface area contributed by atoms with Gasteiger partial charge in [0, 0.05) is 23.0 Å². The highest BCUT2D eigenvalue weighted by Crippen LogP contribution is 2.20. The minimum Gasteiger partial charge on any atom is -0.340 e. The summed E-state index contributed by atoms with van der Waals surface area (Å²) in [5.41, 5.74) is 3.54. The number of Topliss-reactive ketones (excluding diaryl/α,β-unsaturated/α-hetero) is 1. The molecule has 1 aromatic heterocycles. The number of ketones is 1. The maximum absolute atomic E-state index is 12.5. The van der Waals surface area contributed by atoms with Crippen LogP contribution in [0.3, 0.4) is 0 Å². The number of para-hydroxylation sites is 1. The number of aryl methyl sites for hydroxylation is 1. The van der Waals surface area contributed by atoms with E-state index in [1.54, 1.807) is 30.3 Å². The molecule has 2 N–H and O–H groups in total. The Morgan fingerprint density at radius 2 is 1.74 bits per heavy atom. The van der Waals surface area contributed by atoms with Crippen molar-refractivity contribution in [3.05, 3.63) is 77.7 Å². The number of hydrogen-bond acceptors (Lipinski definition) is 5. The van der Waals surface area contributed by atoms with Crippen molar-refractivity contribution in [2.45, 2.75) is 20.3 Å². The summed E-state index contributed by atoms with van der Waals surface area (Å²) in [5, 5.41) is 6.00. The molecule has 0 aliphatic carbocycles. The van der Waals surface area contributed by atoms with Gasteiger partial charge in [0.05, 0.1) is 0 Å². The van der Waals surface area contributed by atoms with E-state index in [1.165, 1.54) is 13.3 Å². The fraction of sp³-hybridized carbons (Fsp3) is 0.143. The minimum atomic E-state index is -0.347. The van der Waals surface area contributed by atoms with Crippen LogP contribution in [0.1, 0.15) is 40.3 Å². The standard InChI is InChI=1S/C21H20N4O2/c1-3-15-6-4-5-7-18(15)25-20-12-19(22-13-23-20)21(27)24-17-10-8-16(9-11-17)14(2)26/h4-13H,3H2,1-2H3,(H,24,27)(H,22,23,25). The largest absolute Gasteiger partial charge is 0.340 e. The third-order valence-electron chi connectivity index (χ3n) is 4.11. The van der Waals surface area contributed by atoms with Crippen molar-refractivity contribution in [2.24, 2.45) is 0 Å². The first-order valence-corrected chi connectivity index (χ1v) is 8.66. The molecule has 27 heavy (non-hydrogen) atoms. The number of aromatic nitrogens is 2. The van der Waals surface area contributed by atoms with Gasteiger partial charge in [0.2, 0.25) is 0 Å². The Bertz CT molecular complexity index is 968. The molecule has 0 saturated carbocycles. The molecule has 0 radical (unpaired) electrons. The van der Waals surface area contributed by atoms with Gasteiger partial charge in [0.15, 0.2) is 5.78 Å². The maximum Gasteiger partial charge on any atom is 0.274 e. The van der Waals surface area contributed by atoms with Crippen molar-refractivity contribution in [1.82, 2.24) is 9.97 Å². The molecule has 0 aliphatic heterocycles. The van der Waals surface area contributed by atoms with Crippen LogP contribution in [-0.4, -0.2) is 21.7 Å². The van der Waals surface area contributed by atoms with E-state index in [0.717, 1.165) is 17.7 Å². The van der Waals surface area contributed by atoms with Crippen molar-refractivity contribution < 1.29 is 9.59 Å². The second-order valence-corrected chi connectivity index (χ2v) is 6.01. The van der Waals surface area contributed by atoms with E-state index in [0.29, 0.717) is 17.1 Å². The molecule has 3 aromatic rings. The molecule has 0 spiro atoms. The number of nitrogens with zero attached hydrogens (tertiary/aromatic N) is 2. The smallest absolute Gasteiger partial charge is 0.274 e. The highest BCUT2D eigenvalue weighted by Gasteiger charge is 2.10. The Morgan fingerprint density at radius 3 is 2.44 bits per heavy atom. The quantitative estimate of drug-likeness (QED) is 0.643. The SMILES string of the molecule is CCc1ccccc1Nc1cc(C(=O)Nc2ccc(C(C)=O)cc2)ncn1. The Morgan fingerprint density at radius 1 is 1.00 bits per heavy atom. The molecule has 0 saturated heterocycles. The molecule has 1 amide bonds. The predicted octanol–water partition coefficient (Wildman–Crippen LogP) is 4.24. The average molecular weight is 360 g/mol. The molecule has 6 nitrogen and oxygen atoms in total. The zero-order valence-corrected chi connectivity index (χ0v) is 15.2. The molecule has 0 fully saturated rings. The second kappa shape index (κ2) is 8.23. The molecule has 0 aliphatic rings. The van der Waals surface area contributed by atoms with Gasteiger partial charge in [-0.15, -0.1) is 0 Å². The van der Waals surface area contributed by atoms with Crippen molar-refractivity contribution >= 4 is 28.9 Å². The first-order valence-electron chi connectivity index (χ1n) is 8.66. The number of rotatable bonds is 6. The summed E-state index contributed by atoms with van der Waals surface area (Å²) < 4.78 is 0. The molecule has 136 valence electrons. The summed E-state index contributed by atoms with van der Waals surface area (Å²) in [7, 11) is 0. The molecule has 2 aromatic carbocycles. The fourth-order valence-corrected chi connectivity index (χ4v) is 2.62. The zero-order valence-electron chi connectivity index (χ0n) is 15.2. The van der Waals surface area contributed by atoms with Crippen LogP contribution in [0.2, 0.25) is 0 Å². The van der Waals surface area contributed by atoms with Gasteiger partial charge in [-0.25, -0.2) is 9.97 Å². The van der Waals surface area contributed by atoms with Crippen LogP contribution in [0.5, 0.6) is 0 Å². The van der Waals surface area contributed by atoms with Crippen molar-refractivity contribution in [3.63, 3.8) is 0 Å². The fourth-order valence-electron chi connectivity index (χ4n) is 2.62. The highest BCUT2D eigenvalue weighted by molar-refractivity contribution is 6.03. The lowest BCUT2D eigenvalue weighted by molar-refractivity contribution is 0.101. The van der Waals surface area contributed by atoms with Gasteiger partial charge in [-0.1, -0.05) is 25.1 Å². The Balaban J connectivity index is 1.74. The van der Waals surface area contributed by atoms with Crippen molar-refractivity contribution in [2.75, 3.05) is 10.6 Å². The minimum absolute atomic E-state index is 0.0215. The van der Waals surface area contributed by atoms with Gasteiger partial charge in [0.25, 0.3) is 5.91 Å². The normalized spacial score (nSPS) is 10.3. The first kappa shape index (κ1) is 18.3. The number of nitrogens with one attached hydrogen (secondary N) is 2. The monoisotopic (exact) mass is 360 g/mol. The van der Waals surface area contributed by atoms with E-state index < -0.39 is 0 Å². The molecule has 6 heteroatoms. The van der Waals surface area contributed by atoms with E-state index in [9.17, 15) is 9.59 Å². The topological polar surface area (TPSA) is 84.0 Å². The third kappa shape index (κ3) is 4.55. The van der Waals surface area contributed by atoms with Gasteiger partial charge in [-0.2, -0.15) is 0 Å². The van der Waals surface area contributed by atoms with Crippen LogP contribution in [0.25, 0.3) is 0 Å². The van der Waals surface area contributed by atoms with Crippen molar-refractivity contribution in [3.8, 4) is 0 Å².